The smallest absolute Gasteiger partial charge is 0.323 e. The van der Waals surface area contributed by atoms with Crippen molar-refractivity contribution in [3.05, 3.63) is 16.1 Å². The molecule has 7 nitrogen and oxygen atoms in total. The summed E-state index contributed by atoms with van der Waals surface area (Å²) in [5.41, 5.74) is 5.61. The fourth-order valence-electron chi connectivity index (χ4n) is 1.35. The first kappa shape index (κ1) is 13.5. The lowest BCUT2D eigenvalue weighted by molar-refractivity contribution is 0.222. The molecule has 0 unspecified atom stereocenters. The van der Waals surface area contributed by atoms with Gasteiger partial charge in [-0.3, -0.25) is 0 Å². The van der Waals surface area contributed by atoms with Gasteiger partial charge in [0, 0.05) is 11.1 Å². The van der Waals surface area contributed by atoms with Gasteiger partial charge < -0.3 is 15.8 Å². The average Bonchev–Trinajstić information content (AvgIpc) is 2.71. The number of nitrogens with zero attached hydrogens (tertiary/aromatic N) is 4. The number of anilines is 2. The molecule has 2 heterocycles. The predicted octanol–water partition coefficient (Wildman–Crippen LogP) is 1.62. The first-order chi connectivity index (χ1) is 9.02. The van der Waals surface area contributed by atoms with Crippen molar-refractivity contribution in [1.82, 2.24) is 19.9 Å². The summed E-state index contributed by atoms with van der Waals surface area (Å²) in [6.45, 7) is 6.34. The van der Waals surface area contributed by atoms with E-state index in [-0.39, 0.29) is 18.1 Å². The summed E-state index contributed by atoms with van der Waals surface area (Å²) < 4.78 is 5.40. The molecule has 19 heavy (non-hydrogen) atoms. The van der Waals surface area contributed by atoms with Crippen LogP contribution in [0.3, 0.4) is 0 Å². The molecule has 0 aliphatic carbocycles. The average molecular weight is 280 g/mol. The highest BCUT2D eigenvalue weighted by atomic mass is 32.1. The topological polar surface area (TPSA) is 98.8 Å². The van der Waals surface area contributed by atoms with E-state index in [0.29, 0.717) is 12.5 Å². The predicted molar refractivity (Wildman–Crippen MR) is 74.2 cm³/mol. The quantitative estimate of drug-likeness (QED) is 0.858. The molecule has 0 saturated heterocycles. The van der Waals surface area contributed by atoms with Gasteiger partial charge in [-0.05, 0) is 20.8 Å². The summed E-state index contributed by atoms with van der Waals surface area (Å²) in [4.78, 5) is 17.5. The van der Waals surface area contributed by atoms with Crippen molar-refractivity contribution < 1.29 is 4.74 Å². The van der Waals surface area contributed by atoms with E-state index in [9.17, 15) is 0 Å². The summed E-state index contributed by atoms with van der Waals surface area (Å²) in [6, 6.07) is 0.223. The molecule has 0 aromatic carbocycles. The van der Waals surface area contributed by atoms with Crippen LogP contribution in [-0.4, -0.2) is 26.0 Å². The van der Waals surface area contributed by atoms with Crippen molar-refractivity contribution in [2.75, 3.05) is 11.1 Å². The molecule has 0 fully saturated rings. The van der Waals surface area contributed by atoms with Gasteiger partial charge in [0.2, 0.25) is 11.9 Å². The van der Waals surface area contributed by atoms with Crippen LogP contribution in [0.4, 0.5) is 11.9 Å². The zero-order valence-corrected chi connectivity index (χ0v) is 11.9. The van der Waals surface area contributed by atoms with Crippen molar-refractivity contribution in [2.45, 2.75) is 33.4 Å². The van der Waals surface area contributed by atoms with Gasteiger partial charge in [-0.2, -0.15) is 15.0 Å². The highest BCUT2D eigenvalue weighted by Gasteiger charge is 2.07. The monoisotopic (exact) mass is 280 g/mol. The summed E-state index contributed by atoms with van der Waals surface area (Å²) in [5, 5.41) is 4.02. The Morgan fingerprint density at radius 3 is 2.79 bits per heavy atom. The van der Waals surface area contributed by atoms with Gasteiger partial charge in [-0.1, -0.05) is 0 Å². The Bertz CT molecular complexity index is 556. The van der Waals surface area contributed by atoms with E-state index in [1.165, 1.54) is 0 Å². The van der Waals surface area contributed by atoms with E-state index in [1.54, 1.807) is 11.3 Å². The van der Waals surface area contributed by atoms with E-state index < -0.39 is 0 Å². The Balaban J connectivity index is 2.05. The van der Waals surface area contributed by atoms with Gasteiger partial charge in [0.1, 0.15) is 5.01 Å². The lowest BCUT2D eigenvalue weighted by atomic mass is 10.5. The normalized spacial score (nSPS) is 10.7. The standard InChI is InChI=1S/C11H16N6OS/c1-6(2)18-11-16-9(12)15-10(17-11)14-5-8-13-4-7(3)19-8/h4,6H,5H2,1-3H3,(H3,12,14,15,16,17). The zero-order valence-electron chi connectivity index (χ0n) is 11.0. The molecule has 3 N–H and O–H groups in total. The van der Waals surface area contributed by atoms with E-state index in [1.807, 2.05) is 27.0 Å². The third kappa shape index (κ3) is 4.02. The molecule has 2 aromatic heterocycles. The fraction of sp³-hybridized carbons (Fsp3) is 0.455. The number of thiazole rings is 1. The third-order valence-electron chi connectivity index (χ3n) is 2.04. The highest BCUT2D eigenvalue weighted by molar-refractivity contribution is 7.11. The molecule has 0 radical (unpaired) electrons. The zero-order chi connectivity index (χ0) is 13.8. The first-order valence-electron chi connectivity index (χ1n) is 5.86. The van der Waals surface area contributed by atoms with Crippen molar-refractivity contribution in [3.8, 4) is 6.01 Å². The maximum absolute atomic E-state index is 5.61. The highest BCUT2D eigenvalue weighted by Crippen LogP contribution is 2.14. The summed E-state index contributed by atoms with van der Waals surface area (Å²) in [5.74, 6) is 0.513. The molecule has 0 aliphatic rings. The van der Waals surface area contributed by atoms with Crippen molar-refractivity contribution in [3.63, 3.8) is 0 Å². The molecule has 0 bridgehead atoms. The molecule has 0 amide bonds. The molecule has 2 aromatic rings. The van der Waals surface area contributed by atoms with Crippen LogP contribution in [0.1, 0.15) is 23.7 Å². The number of rotatable bonds is 5. The first-order valence-corrected chi connectivity index (χ1v) is 6.68. The molecular weight excluding hydrogens is 264 g/mol. The Kier molecular flexibility index (Phi) is 4.10. The molecule has 0 atom stereocenters. The maximum Gasteiger partial charge on any atom is 0.323 e. The number of hydrogen-bond acceptors (Lipinski definition) is 8. The molecule has 8 heteroatoms. The van der Waals surface area contributed by atoms with E-state index in [2.05, 4.69) is 25.3 Å². The van der Waals surface area contributed by atoms with Gasteiger partial charge in [0.25, 0.3) is 0 Å². The van der Waals surface area contributed by atoms with Crippen molar-refractivity contribution >= 4 is 23.2 Å². The van der Waals surface area contributed by atoms with Gasteiger partial charge >= 0.3 is 6.01 Å². The number of aromatic nitrogens is 4. The SMILES string of the molecule is Cc1cnc(CNc2nc(N)nc(OC(C)C)n2)s1. The lowest BCUT2D eigenvalue weighted by Crippen LogP contribution is -2.12. The number of nitrogens with two attached hydrogens (primary N) is 1. The number of ether oxygens (including phenoxy) is 1. The van der Waals surface area contributed by atoms with E-state index >= 15 is 0 Å². The van der Waals surface area contributed by atoms with Crippen LogP contribution in [0.15, 0.2) is 6.20 Å². The Morgan fingerprint density at radius 2 is 2.16 bits per heavy atom. The van der Waals surface area contributed by atoms with Gasteiger partial charge in [0.05, 0.1) is 12.6 Å². The molecule has 0 aliphatic heterocycles. The summed E-state index contributed by atoms with van der Waals surface area (Å²) in [6.07, 6.45) is 1.81. The van der Waals surface area contributed by atoms with Crippen LogP contribution in [-0.2, 0) is 6.54 Å². The Morgan fingerprint density at radius 1 is 1.37 bits per heavy atom. The number of aryl methyl sites for hydroxylation is 1. The van der Waals surface area contributed by atoms with Crippen LogP contribution >= 0.6 is 11.3 Å². The minimum absolute atomic E-state index is 0.0173. The number of hydrogen-bond donors (Lipinski definition) is 2. The fourth-order valence-corrected chi connectivity index (χ4v) is 2.08. The van der Waals surface area contributed by atoms with Crippen molar-refractivity contribution in [1.29, 1.82) is 0 Å². The maximum atomic E-state index is 5.61. The van der Waals surface area contributed by atoms with Crippen LogP contribution in [0.2, 0.25) is 0 Å². The molecule has 0 spiro atoms. The van der Waals surface area contributed by atoms with Crippen LogP contribution in [0.5, 0.6) is 6.01 Å². The molecule has 2 rings (SSSR count). The second kappa shape index (κ2) is 5.79. The van der Waals surface area contributed by atoms with Gasteiger partial charge in [-0.25, -0.2) is 4.98 Å². The van der Waals surface area contributed by atoms with Crippen LogP contribution < -0.4 is 15.8 Å². The van der Waals surface area contributed by atoms with Gasteiger partial charge in [-0.15, -0.1) is 11.3 Å². The van der Waals surface area contributed by atoms with Gasteiger partial charge in [0.15, 0.2) is 0 Å². The summed E-state index contributed by atoms with van der Waals surface area (Å²) in [7, 11) is 0. The van der Waals surface area contributed by atoms with Crippen LogP contribution in [0, 0.1) is 6.92 Å². The minimum Gasteiger partial charge on any atom is -0.461 e. The number of nitrogens with one attached hydrogen (secondary N) is 1. The third-order valence-corrected chi connectivity index (χ3v) is 2.95. The van der Waals surface area contributed by atoms with E-state index in [4.69, 9.17) is 10.5 Å². The Labute approximate surface area is 115 Å². The molecular formula is C11H16N6OS. The second-order valence-electron chi connectivity index (χ2n) is 4.18. The largest absolute Gasteiger partial charge is 0.461 e. The van der Waals surface area contributed by atoms with E-state index in [0.717, 1.165) is 9.88 Å². The summed E-state index contributed by atoms with van der Waals surface area (Å²) >= 11 is 1.62. The van der Waals surface area contributed by atoms with Crippen molar-refractivity contribution in [2.24, 2.45) is 0 Å². The van der Waals surface area contributed by atoms with Crippen LogP contribution in [0.25, 0.3) is 0 Å². The number of nitrogen functional groups attached to an aromatic ring is 1. The molecule has 102 valence electrons. The second-order valence-corrected chi connectivity index (χ2v) is 5.50. The molecule has 0 saturated carbocycles. The lowest BCUT2D eigenvalue weighted by Gasteiger charge is -2.09. The Hall–Kier alpha value is -1.96. The minimum atomic E-state index is -0.0173.